The van der Waals surface area contributed by atoms with Gasteiger partial charge < -0.3 is 19.3 Å². The van der Waals surface area contributed by atoms with Crippen LogP contribution in [0, 0.1) is 0 Å². The molecule has 0 aromatic rings. The van der Waals surface area contributed by atoms with Crippen LogP contribution in [0.2, 0.25) is 0 Å². The molecule has 13 heavy (non-hydrogen) atoms. The third kappa shape index (κ3) is 4.04. The van der Waals surface area contributed by atoms with Crippen molar-refractivity contribution in [2.24, 2.45) is 0 Å². The smallest absolute Gasteiger partial charge is 0.163 e. The Morgan fingerprint density at radius 1 is 1.54 bits per heavy atom. The maximum atomic E-state index is 8.51. The van der Waals surface area contributed by atoms with Crippen molar-refractivity contribution in [1.29, 1.82) is 0 Å². The minimum atomic E-state index is -0.467. The van der Waals surface area contributed by atoms with E-state index in [1.807, 2.05) is 13.8 Å². The van der Waals surface area contributed by atoms with E-state index in [4.69, 9.17) is 19.3 Å². The van der Waals surface area contributed by atoms with Crippen LogP contribution < -0.4 is 0 Å². The van der Waals surface area contributed by atoms with Crippen molar-refractivity contribution in [2.45, 2.75) is 32.2 Å². The normalized spacial score (nSPS) is 26.5. The number of hydrogen-bond donors (Lipinski definition) is 1. The summed E-state index contributed by atoms with van der Waals surface area (Å²) in [4.78, 5) is 0. The molecule has 1 aliphatic heterocycles. The van der Waals surface area contributed by atoms with E-state index in [-0.39, 0.29) is 12.7 Å². The maximum Gasteiger partial charge on any atom is 0.163 e. The minimum absolute atomic E-state index is 0.0358. The molecule has 0 unspecified atom stereocenters. The molecule has 1 atom stereocenters. The van der Waals surface area contributed by atoms with Gasteiger partial charge in [0.15, 0.2) is 5.79 Å². The van der Waals surface area contributed by atoms with Crippen molar-refractivity contribution >= 4 is 0 Å². The molecule has 1 heterocycles. The van der Waals surface area contributed by atoms with Crippen LogP contribution in [-0.4, -0.2) is 43.4 Å². The molecule has 1 fully saturated rings. The molecule has 0 saturated carbocycles. The Morgan fingerprint density at radius 2 is 2.31 bits per heavy atom. The van der Waals surface area contributed by atoms with Crippen LogP contribution in [0.15, 0.2) is 0 Å². The summed E-state index contributed by atoms with van der Waals surface area (Å²) >= 11 is 0. The molecule has 0 aromatic carbocycles. The number of rotatable bonds is 5. The molecular weight excluding hydrogens is 172 g/mol. The molecule has 1 saturated heterocycles. The van der Waals surface area contributed by atoms with E-state index in [0.29, 0.717) is 26.2 Å². The van der Waals surface area contributed by atoms with E-state index in [1.54, 1.807) is 0 Å². The Bertz CT molecular complexity index is 147. The van der Waals surface area contributed by atoms with Gasteiger partial charge in [0, 0.05) is 13.2 Å². The second-order valence-corrected chi connectivity index (χ2v) is 3.60. The van der Waals surface area contributed by atoms with Crippen LogP contribution in [0.25, 0.3) is 0 Å². The lowest BCUT2D eigenvalue weighted by atomic mass is 10.4. The third-order valence-corrected chi connectivity index (χ3v) is 1.82. The quantitative estimate of drug-likeness (QED) is 0.643. The summed E-state index contributed by atoms with van der Waals surface area (Å²) in [6.45, 7) is 5.67. The first-order chi connectivity index (χ1) is 6.14. The van der Waals surface area contributed by atoms with E-state index in [2.05, 4.69) is 0 Å². The van der Waals surface area contributed by atoms with Gasteiger partial charge >= 0.3 is 0 Å². The summed E-state index contributed by atoms with van der Waals surface area (Å²) < 4.78 is 16.2. The molecule has 0 aromatic heterocycles. The van der Waals surface area contributed by atoms with Gasteiger partial charge in [-0.05, 0) is 20.3 Å². The third-order valence-electron chi connectivity index (χ3n) is 1.82. The average Bonchev–Trinajstić information content (AvgIpc) is 2.40. The maximum absolute atomic E-state index is 8.51. The molecule has 1 N–H and O–H groups in total. The predicted molar refractivity (Wildman–Crippen MR) is 47.4 cm³/mol. The largest absolute Gasteiger partial charge is 0.396 e. The zero-order valence-corrected chi connectivity index (χ0v) is 8.28. The second kappa shape index (κ2) is 4.91. The number of hydrogen-bond acceptors (Lipinski definition) is 4. The highest BCUT2D eigenvalue weighted by Gasteiger charge is 2.32. The first kappa shape index (κ1) is 10.9. The lowest BCUT2D eigenvalue weighted by Gasteiger charge is -2.16. The van der Waals surface area contributed by atoms with E-state index in [9.17, 15) is 0 Å². The predicted octanol–water partition coefficient (Wildman–Crippen LogP) is 0.537. The van der Waals surface area contributed by atoms with Crippen LogP contribution in [0.4, 0.5) is 0 Å². The monoisotopic (exact) mass is 190 g/mol. The number of aliphatic hydroxyl groups is 1. The van der Waals surface area contributed by atoms with Crippen LogP contribution in [-0.2, 0) is 14.2 Å². The molecule has 0 bridgehead atoms. The zero-order valence-electron chi connectivity index (χ0n) is 8.28. The van der Waals surface area contributed by atoms with Gasteiger partial charge in [0.2, 0.25) is 0 Å². The summed E-state index contributed by atoms with van der Waals surface area (Å²) in [5, 5.41) is 8.51. The van der Waals surface area contributed by atoms with Crippen LogP contribution in [0.1, 0.15) is 20.3 Å². The van der Waals surface area contributed by atoms with Crippen molar-refractivity contribution in [3.63, 3.8) is 0 Å². The van der Waals surface area contributed by atoms with Gasteiger partial charge in [-0.2, -0.15) is 0 Å². The van der Waals surface area contributed by atoms with Gasteiger partial charge in [0.05, 0.1) is 13.2 Å². The van der Waals surface area contributed by atoms with E-state index in [1.165, 1.54) is 0 Å². The summed E-state index contributed by atoms with van der Waals surface area (Å²) in [5.74, 6) is -0.467. The van der Waals surface area contributed by atoms with Crippen molar-refractivity contribution in [2.75, 3.05) is 26.4 Å². The average molecular weight is 190 g/mol. The van der Waals surface area contributed by atoms with Gasteiger partial charge in [-0.3, -0.25) is 0 Å². The van der Waals surface area contributed by atoms with E-state index >= 15 is 0 Å². The van der Waals surface area contributed by atoms with E-state index < -0.39 is 5.79 Å². The van der Waals surface area contributed by atoms with Gasteiger partial charge in [0.25, 0.3) is 0 Å². The fourth-order valence-electron chi connectivity index (χ4n) is 1.23. The Hall–Kier alpha value is -0.160. The van der Waals surface area contributed by atoms with Crippen LogP contribution >= 0.6 is 0 Å². The Kier molecular flexibility index (Phi) is 4.12. The highest BCUT2D eigenvalue weighted by molar-refractivity contribution is 4.69. The van der Waals surface area contributed by atoms with Crippen molar-refractivity contribution in [1.82, 2.24) is 0 Å². The van der Waals surface area contributed by atoms with Crippen molar-refractivity contribution in [3.8, 4) is 0 Å². The Balaban J connectivity index is 2.04. The molecular formula is C9H18O4. The lowest BCUT2D eigenvalue weighted by Crippen LogP contribution is -2.24. The van der Waals surface area contributed by atoms with Crippen LogP contribution in [0.5, 0.6) is 0 Å². The topological polar surface area (TPSA) is 47.9 Å². The lowest BCUT2D eigenvalue weighted by molar-refractivity contribution is -0.145. The highest BCUT2D eigenvalue weighted by Crippen LogP contribution is 2.22. The van der Waals surface area contributed by atoms with Crippen LogP contribution in [0.3, 0.4) is 0 Å². The van der Waals surface area contributed by atoms with Gasteiger partial charge in [-0.15, -0.1) is 0 Å². The van der Waals surface area contributed by atoms with Crippen molar-refractivity contribution < 1.29 is 19.3 Å². The molecule has 1 rings (SSSR count). The molecule has 4 heteroatoms. The number of ether oxygens (including phenoxy) is 3. The molecule has 4 nitrogen and oxygen atoms in total. The SMILES string of the molecule is CC1(C)OC[C@H](COCCCO)O1. The summed E-state index contributed by atoms with van der Waals surface area (Å²) in [7, 11) is 0. The Labute approximate surface area is 78.8 Å². The summed E-state index contributed by atoms with van der Waals surface area (Å²) in [6.07, 6.45) is 0.713. The molecule has 1 aliphatic rings. The highest BCUT2D eigenvalue weighted by atomic mass is 16.7. The number of aliphatic hydroxyl groups excluding tert-OH is 1. The minimum Gasteiger partial charge on any atom is -0.396 e. The van der Waals surface area contributed by atoms with E-state index in [0.717, 1.165) is 0 Å². The molecule has 0 aliphatic carbocycles. The zero-order chi connectivity index (χ0) is 9.73. The van der Waals surface area contributed by atoms with Crippen molar-refractivity contribution in [3.05, 3.63) is 0 Å². The standard InChI is InChI=1S/C9H18O4/c1-9(2)12-7-8(13-9)6-11-5-3-4-10/h8,10H,3-7H2,1-2H3/t8-/m0/s1. The summed E-state index contributed by atoms with van der Waals surface area (Å²) in [5.41, 5.74) is 0. The van der Waals surface area contributed by atoms with Gasteiger partial charge in [-0.25, -0.2) is 0 Å². The van der Waals surface area contributed by atoms with Gasteiger partial charge in [-0.1, -0.05) is 0 Å². The molecule has 78 valence electrons. The molecule has 0 amide bonds. The first-order valence-corrected chi connectivity index (χ1v) is 4.64. The molecule has 0 radical (unpaired) electrons. The molecule has 0 spiro atoms. The second-order valence-electron chi connectivity index (χ2n) is 3.60. The fraction of sp³-hybridized carbons (Fsp3) is 1.00. The van der Waals surface area contributed by atoms with Gasteiger partial charge in [0.1, 0.15) is 6.10 Å². The fourth-order valence-corrected chi connectivity index (χ4v) is 1.23. The first-order valence-electron chi connectivity index (χ1n) is 4.64. The summed E-state index contributed by atoms with van der Waals surface area (Å²) in [6, 6.07) is 0. The Morgan fingerprint density at radius 3 is 2.85 bits per heavy atom.